The Balaban J connectivity index is 1.67. The third-order valence-corrected chi connectivity index (χ3v) is 5.05. The molecule has 0 N–H and O–H groups in total. The normalized spacial score (nSPS) is 17.4. The zero-order valence-corrected chi connectivity index (χ0v) is 14.5. The van der Waals surface area contributed by atoms with Gasteiger partial charge in [-0.2, -0.15) is 8.42 Å². The highest BCUT2D eigenvalue weighted by Crippen LogP contribution is 2.24. The van der Waals surface area contributed by atoms with Crippen molar-refractivity contribution in [2.45, 2.75) is 17.9 Å². The van der Waals surface area contributed by atoms with Crippen molar-refractivity contribution >= 4 is 21.9 Å². The Bertz CT molecular complexity index is 910. The van der Waals surface area contributed by atoms with E-state index in [0.29, 0.717) is 6.07 Å². The highest BCUT2D eigenvalue weighted by molar-refractivity contribution is 7.86. The number of carbonyl (C=O) groups is 1. The molecule has 1 saturated heterocycles. The van der Waals surface area contributed by atoms with Gasteiger partial charge in [-0.3, -0.25) is 9.08 Å². The molecule has 1 aliphatic heterocycles. The lowest BCUT2D eigenvalue weighted by Gasteiger charge is -2.13. The van der Waals surface area contributed by atoms with Crippen molar-refractivity contribution in [3.8, 4) is 0 Å². The molecule has 1 aliphatic rings. The zero-order chi connectivity index (χ0) is 18.9. The van der Waals surface area contributed by atoms with Gasteiger partial charge in [0.15, 0.2) is 0 Å². The van der Waals surface area contributed by atoms with E-state index < -0.39 is 40.6 Å². The molecule has 1 fully saturated rings. The summed E-state index contributed by atoms with van der Waals surface area (Å²) in [5.41, 5.74) is 0.878. The van der Waals surface area contributed by atoms with Gasteiger partial charge in [-0.1, -0.05) is 17.7 Å². The van der Waals surface area contributed by atoms with Crippen LogP contribution in [0.25, 0.3) is 0 Å². The Hall–Kier alpha value is -2.52. The van der Waals surface area contributed by atoms with Crippen molar-refractivity contribution in [1.82, 2.24) is 0 Å². The molecule has 9 heteroatoms. The van der Waals surface area contributed by atoms with E-state index in [0.717, 1.165) is 22.6 Å². The van der Waals surface area contributed by atoms with Gasteiger partial charge < -0.3 is 4.74 Å². The van der Waals surface area contributed by atoms with Crippen LogP contribution in [0.3, 0.4) is 0 Å². The maximum absolute atomic E-state index is 13.3. The van der Waals surface area contributed by atoms with Crippen LogP contribution in [0.4, 0.5) is 19.3 Å². The molecule has 0 saturated carbocycles. The average Bonchev–Trinajstić information content (AvgIpc) is 2.94. The van der Waals surface area contributed by atoms with Crippen LogP contribution < -0.4 is 4.90 Å². The topological polar surface area (TPSA) is 72.9 Å². The Labute approximate surface area is 149 Å². The highest BCUT2D eigenvalue weighted by Gasteiger charge is 2.34. The molecule has 0 aliphatic carbocycles. The number of aryl methyl sites for hydroxylation is 1. The molecular weight excluding hydrogens is 368 g/mol. The van der Waals surface area contributed by atoms with Crippen molar-refractivity contribution in [3.63, 3.8) is 0 Å². The maximum atomic E-state index is 13.3. The minimum atomic E-state index is -4.01. The fourth-order valence-electron chi connectivity index (χ4n) is 2.45. The molecule has 1 heterocycles. The van der Waals surface area contributed by atoms with Crippen LogP contribution >= 0.6 is 0 Å². The number of rotatable bonds is 5. The fraction of sp³-hybridized carbons (Fsp3) is 0.235. The summed E-state index contributed by atoms with van der Waals surface area (Å²) in [4.78, 5) is 12.9. The van der Waals surface area contributed by atoms with E-state index in [9.17, 15) is 22.0 Å². The summed E-state index contributed by atoms with van der Waals surface area (Å²) in [5, 5.41) is 0. The molecule has 138 valence electrons. The molecule has 26 heavy (non-hydrogen) atoms. The minimum absolute atomic E-state index is 0.0171. The summed E-state index contributed by atoms with van der Waals surface area (Å²) < 4.78 is 60.9. The number of ether oxygens (including phenoxy) is 1. The first-order valence-corrected chi connectivity index (χ1v) is 9.06. The summed E-state index contributed by atoms with van der Waals surface area (Å²) >= 11 is 0. The number of hydrogen-bond acceptors (Lipinski definition) is 5. The van der Waals surface area contributed by atoms with E-state index >= 15 is 0 Å². The van der Waals surface area contributed by atoms with Gasteiger partial charge in [0.25, 0.3) is 10.1 Å². The van der Waals surface area contributed by atoms with Gasteiger partial charge in [-0.25, -0.2) is 13.6 Å². The van der Waals surface area contributed by atoms with Crippen LogP contribution in [0.1, 0.15) is 5.56 Å². The van der Waals surface area contributed by atoms with Crippen molar-refractivity contribution < 1.29 is 30.9 Å². The van der Waals surface area contributed by atoms with Crippen LogP contribution in [-0.4, -0.2) is 33.8 Å². The number of carbonyl (C=O) groups excluding carboxylic acids is 1. The molecule has 2 aromatic rings. The van der Waals surface area contributed by atoms with Crippen molar-refractivity contribution in [2.75, 3.05) is 18.1 Å². The Morgan fingerprint density at radius 3 is 2.38 bits per heavy atom. The molecule has 0 spiro atoms. The second kappa shape index (κ2) is 7.00. The van der Waals surface area contributed by atoms with E-state index in [1.165, 1.54) is 12.1 Å². The molecule has 6 nitrogen and oxygen atoms in total. The zero-order valence-electron chi connectivity index (χ0n) is 13.7. The van der Waals surface area contributed by atoms with Gasteiger partial charge in [-0.05, 0) is 31.2 Å². The predicted octanol–water partition coefficient (Wildman–Crippen LogP) is 3.00. The van der Waals surface area contributed by atoms with Crippen LogP contribution in [0.15, 0.2) is 47.4 Å². The minimum Gasteiger partial charge on any atom is -0.441 e. The number of amides is 1. The van der Waals surface area contributed by atoms with Crippen molar-refractivity contribution in [2.24, 2.45) is 0 Å². The lowest BCUT2D eigenvalue weighted by atomic mass is 10.2. The summed E-state index contributed by atoms with van der Waals surface area (Å²) in [6.45, 7) is 1.32. The van der Waals surface area contributed by atoms with Gasteiger partial charge in [0.2, 0.25) is 0 Å². The molecular formula is C17H15F2NO5S. The van der Waals surface area contributed by atoms with Gasteiger partial charge in [0.05, 0.1) is 17.1 Å². The molecule has 0 bridgehead atoms. The molecule has 0 unspecified atom stereocenters. The number of nitrogens with zero attached hydrogens (tertiary/aromatic N) is 1. The summed E-state index contributed by atoms with van der Waals surface area (Å²) in [7, 11) is -4.01. The van der Waals surface area contributed by atoms with Crippen LogP contribution in [-0.2, 0) is 19.0 Å². The Morgan fingerprint density at radius 1 is 1.15 bits per heavy atom. The number of anilines is 1. The van der Waals surface area contributed by atoms with Gasteiger partial charge >= 0.3 is 6.09 Å². The van der Waals surface area contributed by atoms with E-state index in [4.69, 9.17) is 8.92 Å². The van der Waals surface area contributed by atoms with Gasteiger partial charge in [0.1, 0.15) is 24.3 Å². The fourth-order valence-corrected chi connectivity index (χ4v) is 3.39. The quantitative estimate of drug-likeness (QED) is 0.742. The first-order chi connectivity index (χ1) is 12.2. The lowest BCUT2D eigenvalue weighted by Crippen LogP contribution is -2.26. The molecule has 3 rings (SSSR count). The standard InChI is InChI=1S/C17H15F2NO5S/c1-11-2-4-16(5-3-11)26(22,23)24-10-15-9-20(17(21)25-15)14-7-12(18)6-13(19)8-14/h2-8,15H,9-10H2,1H3/t15-/m1/s1. The number of halogens is 2. The average molecular weight is 383 g/mol. The van der Waals surface area contributed by atoms with Crippen LogP contribution in [0.5, 0.6) is 0 Å². The number of cyclic esters (lactones) is 1. The summed E-state index contributed by atoms with van der Waals surface area (Å²) in [6, 6.07) is 8.73. The van der Waals surface area contributed by atoms with E-state index in [1.807, 2.05) is 6.92 Å². The third-order valence-electron chi connectivity index (χ3n) is 3.75. The molecule has 2 aromatic carbocycles. The lowest BCUT2D eigenvalue weighted by molar-refractivity contribution is 0.107. The highest BCUT2D eigenvalue weighted by atomic mass is 32.2. The smallest absolute Gasteiger partial charge is 0.414 e. The van der Waals surface area contributed by atoms with Crippen LogP contribution in [0, 0.1) is 18.6 Å². The Morgan fingerprint density at radius 2 is 1.77 bits per heavy atom. The predicted molar refractivity (Wildman–Crippen MR) is 88.3 cm³/mol. The first kappa shape index (κ1) is 18.3. The SMILES string of the molecule is Cc1ccc(S(=O)(=O)OC[C@H]2CN(c3cc(F)cc(F)c3)C(=O)O2)cc1. The second-order valence-corrected chi connectivity index (χ2v) is 7.41. The summed E-state index contributed by atoms with van der Waals surface area (Å²) in [5.74, 6) is -1.68. The Kier molecular flexibility index (Phi) is 4.92. The molecule has 1 amide bonds. The van der Waals surface area contributed by atoms with Gasteiger partial charge in [-0.15, -0.1) is 0 Å². The van der Waals surface area contributed by atoms with E-state index in [-0.39, 0.29) is 17.1 Å². The monoisotopic (exact) mass is 383 g/mol. The van der Waals surface area contributed by atoms with Crippen LogP contribution in [0.2, 0.25) is 0 Å². The molecule has 0 aromatic heterocycles. The third kappa shape index (κ3) is 4.00. The van der Waals surface area contributed by atoms with E-state index in [2.05, 4.69) is 0 Å². The first-order valence-electron chi connectivity index (χ1n) is 7.65. The molecule has 1 atom stereocenters. The van der Waals surface area contributed by atoms with E-state index in [1.54, 1.807) is 12.1 Å². The number of benzene rings is 2. The van der Waals surface area contributed by atoms with Crippen molar-refractivity contribution in [1.29, 1.82) is 0 Å². The van der Waals surface area contributed by atoms with Crippen molar-refractivity contribution in [3.05, 3.63) is 59.7 Å². The maximum Gasteiger partial charge on any atom is 0.414 e. The molecule has 0 radical (unpaired) electrons. The largest absolute Gasteiger partial charge is 0.441 e. The van der Waals surface area contributed by atoms with Gasteiger partial charge in [0, 0.05) is 6.07 Å². The summed E-state index contributed by atoms with van der Waals surface area (Å²) in [6.07, 6.45) is -1.73. The second-order valence-electron chi connectivity index (χ2n) is 5.80. The number of hydrogen-bond donors (Lipinski definition) is 0.